The number of carboxylic acids is 1. The number of benzene rings is 1. The van der Waals surface area contributed by atoms with Gasteiger partial charge in [-0.1, -0.05) is 12.2 Å². The van der Waals surface area contributed by atoms with E-state index < -0.39 is 5.97 Å². The fourth-order valence-corrected chi connectivity index (χ4v) is 2.42. The van der Waals surface area contributed by atoms with Gasteiger partial charge in [0.05, 0.1) is 25.9 Å². The van der Waals surface area contributed by atoms with Crippen molar-refractivity contribution in [3.05, 3.63) is 29.8 Å². The predicted octanol–water partition coefficient (Wildman–Crippen LogP) is 1.36. The molecular weight excluding hydrogens is 286 g/mol. The highest BCUT2D eigenvalue weighted by Gasteiger charge is 2.21. The zero-order chi connectivity index (χ0) is 16.1. The topological polar surface area (TPSA) is 87.7 Å². The van der Waals surface area contributed by atoms with Crippen molar-refractivity contribution in [2.75, 3.05) is 19.5 Å². The van der Waals surface area contributed by atoms with Crippen LogP contribution in [0.15, 0.2) is 24.3 Å². The Bertz CT molecular complexity index is 609. The number of anilines is 1. The number of amides is 1. The Labute approximate surface area is 128 Å². The van der Waals surface area contributed by atoms with Gasteiger partial charge in [-0.15, -0.1) is 0 Å². The summed E-state index contributed by atoms with van der Waals surface area (Å²) >= 11 is 0. The number of hydrogen-bond acceptors (Lipinski definition) is 5. The van der Waals surface area contributed by atoms with Crippen LogP contribution >= 0.6 is 0 Å². The lowest BCUT2D eigenvalue weighted by atomic mass is 9.93. The Kier molecular flexibility index (Phi) is 5.04. The largest absolute Gasteiger partial charge is 0.545 e. The van der Waals surface area contributed by atoms with Crippen LogP contribution in [0.25, 0.3) is 0 Å². The summed E-state index contributed by atoms with van der Waals surface area (Å²) in [6.07, 6.45) is 6.24. The summed E-state index contributed by atoms with van der Waals surface area (Å²) in [4.78, 5) is 23.5. The Morgan fingerprint density at radius 1 is 1.18 bits per heavy atom. The Morgan fingerprint density at radius 2 is 1.86 bits per heavy atom. The van der Waals surface area contributed by atoms with Crippen LogP contribution in [0, 0.1) is 5.92 Å². The lowest BCUT2D eigenvalue weighted by Crippen LogP contribution is -2.28. The fraction of sp³-hybridized carbons (Fsp3) is 0.375. The van der Waals surface area contributed by atoms with Gasteiger partial charge in [-0.3, -0.25) is 4.79 Å². The molecular formula is C16H18NO5-. The summed E-state index contributed by atoms with van der Waals surface area (Å²) in [5, 5.41) is 13.9. The van der Waals surface area contributed by atoms with Crippen molar-refractivity contribution in [1.29, 1.82) is 0 Å². The minimum atomic E-state index is -1.39. The Morgan fingerprint density at radius 3 is 2.41 bits per heavy atom. The average Bonchev–Trinajstić information content (AvgIpc) is 2.54. The van der Waals surface area contributed by atoms with E-state index in [0.29, 0.717) is 12.2 Å². The summed E-state index contributed by atoms with van der Waals surface area (Å²) in [5.41, 5.74) is 0.00885. The average molecular weight is 304 g/mol. The molecule has 2 rings (SSSR count). The van der Waals surface area contributed by atoms with E-state index in [4.69, 9.17) is 9.47 Å². The first kappa shape index (κ1) is 15.9. The van der Waals surface area contributed by atoms with Crippen LogP contribution in [0.4, 0.5) is 5.69 Å². The molecule has 0 saturated heterocycles. The quantitative estimate of drug-likeness (QED) is 0.830. The molecule has 0 unspecified atom stereocenters. The molecule has 1 atom stereocenters. The molecule has 1 aromatic rings. The molecule has 1 aliphatic carbocycles. The number of ether oxygens (including phenoxy) is 2. The molecule has 1 aromatic carbocycles. The third kappa shape index (κ3) is 3.39. The molecule has 6 heteroatoms. The number of methoxy groups -OCH3 is 2. The van der Waals surface area contributed by atoms with Crippen LogP contribution in [-0.2, 0) is 4.79 Å². The lowest BCUT2D eigenvalue weighted by Gasteiger charge is -2.20. The number of hydrogen-bond donors (Lipinski definition) is 1. The second kappa shape index (κ2) is 6.98. The molecule has 0 bridgehead atoms. The first-order valence-corrected chi connectivity index (χ1v) is 7.00. The highest BCUT2D eigenvalue weighted by Crippen LogP contribution is 2.33. The van der Waals surface area contributed by atoms with Gasteiger partial charge in [0.1, 0.15) is 0 Å². The van der Waals surface area contributed by atoms with Gasteiger partial charge in [-0.2, -0.15) is 0 Å². The van der Waals surface area contributed by atoms with Crippen LogP contribution in [0.2, 0.25) is 0 Å². The van der Waals surface area contributed by atoms with E-state index in [-0.39, 0.29) is 28.8 Å². The number of carbonyl (C=O) groups excluding carboxylic acids is 2. The van der Waals surface area contributed by atoms with E-state index in [0.717, 1.165) is 12.8 Å². The number of allylic oxidation sites excluding steroid dienone is 2. The van der Waals surface area contributed by atoms with E-state index in [1.807, 2.05) is 12.2 Å². The highest BCUT2D eigenvalue weighted by molar-refractivity contribution is 6.01. The SMILES string of the molecule is COc1cc(NC(=O)[C@@H]2CC=CCC2)c(C(=O)[O-])cc1OC. The molecule has 6 nitrogen and oxygen atoms in total. The number of carbonyl (C=O) groups is 2. The maximum absolute atomic E-state index is 12.3. The molecule has 118 valence electrons. The first-order valence-electron chi connectivity index (χ1n) is 7.00. The van der Waals surface area contributed by atoms with Crippen LogP contribution in [0.1, 0.15) is 29.6 Å². The van der Waals surface area contributed by atoms with E-state index in [9.17, 15) is 14.7 Å². The molecule has 22 heavy (non-hydrogen) atoms. The van der Waals surface area contributed by atoms with Crippen molar-refractivity contribution in [1.82, 2.24) is 0 Å². The van der Waals surface area contributed by atoms with Gasteiger partial charge >= 0.3 is 0 Å². The summed E-state index contributed by atoms with van der Waals surface area (Å²) in [7, 11) is 2.84. The molecule has 0 heterocycles. The summed E-state index contributed by atoms with van der Waals surface area (Å²) in [6, 6.07) is 2.71. The molecule has 0 aliphatic heterocycles. The van der Waals surface area contributed by atoms with E-state index in [2.05, 4.69) is 5.32 Å². The summed E-state index contributed by atoms with van der Waals surface area (Å²) < 4.78 is 10.2. The third-order valence-corrected chi connectivity index (χ3v) is 3.64. The van der Waals surface area contributed by atoms with Gasteiger partial charge in [0, 0.05) is 17.5 Å². The van der Waals surface area contributed by atoms with Gasteiger partial charge in [-0.05, 0) is 25.3 Å². The van der Waals surface area contributed by atoms with Crippen LogP contribution in [-0.4, -0.2) is 26.1 Å². The smallest absolute Gasteiger partial charge is 0.227 e. The molecule has 1 N–H and O–H groups in total. The van der Waals surface area contributed by atoms with Gasteiger partial charge in [0.25, 0.3) is 0 Å². The minimum Gasteiger partial charge on any atom is -0.545 e. The van der Waals surface area contributed by atoms with Gasteiger partial charge in [0.2, 0.25) is 5.91 Å². The first-order chi connectivity index (χ1) is 10.6. The Balaban J connectivity index is 2.30. The summed E-state index contributed by atoms with van der Waals surface area (Å²) in [6.45, 7) is 0. The molecule has 0 fully saturated rings. The lowest BCUT2D eigenvalue weighted by molar-refractivity contribution is -0.254. The van der Waals surface area contributed by atoms with E-state index in [1.54, 1.807) is 0 Å². The van der Waals surface area contributed by atoms with Gasteiger partial charge in [-0.25, -0.2) is 0 Å². The Hall–Kier alpha value is -2.50. The van der Waals surface area contributed by atoms with Crippen LogP contribution in [0.5, 0.6) is 11.5 Å². The normalized spacial score (nSPS) is 16.9. The molecule has 0 saturated carbocycles. The highest BCUT2D eigenvalue weighted by atomic mass is 16.5. The molecule has 0 spiro atoms. The van der Waals surface area contributed by atoms with Crippen molar-refractivity contribution in [2.24, 2.45) is 5.92 Å². The zero-order valence-corrected chi connectivity index (χ0v) is 12.5. The number of carboxylic acid groups (broad SMARTS) is 1. The standard InChI is InChI=1S/C16H19NO5/c1-21-13-8-11(16(19)20)12(9-14(13)22-2)17-15(18)10-6-4-3-5-7-10/h3-4,8-10H,5-7H2,1-2H3,(H,17,18)(H,19,20)/p-1/t10-/m1/s1. The molecule has 0 aromatic heterocycles. The van der Waals surface area contributed by atoms with Crippen molar-refractivity contribution >= 4 is 17.6 Å². The second-order valence-corrected chi connectivity index (χ2v) is 5.01. The predicted molar refractivity (Wildman–Crippen MR) is 79.0 cm³/mol. The number of nitrogens with one attached hydrogen (secondary N) is 1. The van der Waals surface area contributed by atoms with Crippen LogP contribution in [0.3, 0.4) is 0 Å². The summed E-state index contributed by atoms with van der Waals surface area (Å²) in [5.74, 6) is -1.15. The van der Waals surface area contributed by atoms with Gasteiger partial charge in [0.15, 0.2) is 11.5 Å². The third-order valence-electron chi connectivity index (χ3n) is 3.64. The second-order valence-electron chi connectivity index (χ2n) is 5.01. The maximum Gasteiger partial charge on any atom is 0.227 e. The zero-order valence-electron chi connectivity index (χ0n) is 12.5. The van der Waals surface area contributed by atoms with Crippen molar-refractivity contribution in [3.63, 3.8) is 0 Å². The minimum absolute atomic E-state index is 0.141. The fourth-order valence-electron chi connectivity index (χ4n) is 2.42. The van der Waals surface area contributed by atoms with Crippen LogP contribution < -0.4 is 19.9 Å². The van der Waals surface area contributed by atoms with Crippen molar-refractivity contribution < 1.29 is 24.2 Å². The van der Waals surface area contributed by atoms with Crippen molar-refractivity contribution in [3.8, 4) is 11.5 Å². The van der Waals surface area contributed by atoms with Gasteiger partial charge < -0.3 is 24.7 Å². The van der Waals surface area contributed by atoms with E-state index >= 15 is 0 Å². The molecule has 1 aliphatic rings. The number of aromatic carboxylic acids is 1. The maximum atomic E-state index is 12.3. The van der Waals surface area contributed by atoms with E-state index in [1.165, 1.54) is 26.4 Å². The van der Waals surface area contributed by atoms with Crippen molar-refractivity contribution in [2.45, 2.75) is 19.3 Å². The molecule has 0 radical (unpaired) electrons. The monoisotopic (exact) mass is 304 g/mol. The molecule has 1 amide bonds. The number of rotatable bonds is 5.